The molecule has 0 saturated carbocycles. The van der Waals surface area contributed by atoms with Gasteiger partial charge in [0, 0.05) is 0 Å². The number of hydrogen-bond acceptors (Lipinski definition) is 2. The number of amides is 1. The highest BCUT2D eigenvalue weighted by molar-refractivity contribution is 6.12. The number of anilines is 3. The van der Waals surface area contributed by atoms with Crippen molar-refractivity contribution in [3.05, 3.63) is 53.6 Å². The monoisotopic (exact) mass is 278 g/mol. The fourth-order valence-corrected chi connectivity index (χ4v) is 2.06. The lowest BCUT2D eigenvalue weighted by molar-refractivity contribution is -0.137. The van der Waals surface area contributed by atoms with Crippen LogP contribution in [0.5, 0.6) is 0 Å². The van der Waals surface area contributed by atoms with Gasteiger partial charge in [-0.1, -0.05) is 12.1 Å². The molecule has 0 saturated heterocycles. The van der Waals surface area contributed by atoms with E-state index in [4.69, 9.17) is 0 Å². The summed E-state index contributed by atoms with van der Waals surface area (Å²) in [5, 5.41) is 5.45. The molecule has 1 aliphatic heterocycles. The molecule has 0 aliphatic carbocycles. The topological polar surface area (TPSA) is 41.1 Å². The number of halogens is 3. The first-order valence-electron chi connectivity index (χ1n) is 5.84. The summed E-state index contributed by atoms with van der Waals surface area (Å²) in [5.41, 5.74) is 0.683. The molecule has 2 aromatic rings. The summed E-state index contributed by atoms with van der Waals surface area (Å²) in [6.07, 6.45) is -4.45. The van der Waals surface area contributed by atoms with E-state index < -0.39 is 17.6 Å². The summed E-state index contributed by atoms with van der Waals surface area (Å²) in [4.78, 5) is 12.0. The fraction of sp³-hybridized carbons (Fsp3) is 0.0714. The Kier molecular flexibility index (Phi) is 2.67. The summed E-state index contributed by atoms with van der Waals surface area (Å²) >= 11 is 0. The van der Waals surface area contributed by atoms with Gasteiger partial charge in [0.15, 0.2) is 0 Å². The van der Waals surface area contributed by atoms with E-state index in [0.717, 1.165) is 12.1 Å². The fourth-order valence-electron chi connectivity index (χ4n) is 2.06. The van der Waals surface area contributed by atoms with E-state index in [2.05, 4.69) is 10.6 Å². The van der Waals surface area contributed by atoms with Crippen LogP contribution < -0.4 is 10.6 Å². The largest absolute Gasteiger partial charge is 0.416 e. The summed E-state index contributed by atoms with van der Waals surface area (Å²) in [6.45, 7) is 0. The minimum Gasteiger partial charge on any atom is -0.353 e. The second-order valence-corrected chi connectivity index (χ2v) is 4.38. The molecule has 6 heteroatoms. The standard InChI is InChI=1S/C14H9F3N2O/c15-14(16,17)8-5-6-11-12(7-8)19-13(20)9-3-1-2-4-10(9)18-11/h1-7,18H,(H,19,20). The van der Waals surface area contributed by atoms with Gasteiger partial charge in [0.25, 0.3) is 5.91 Å². The molecular formula is C14H9F3N2O. The maximum Gasteiger partial charge on any atom is 0.416 e. The molecule has 3 nitrogen and oxygen atoms in total. The molecule has 0 atom stereocenters. The van der Waals surface area contributed by atoms with Gasteiger partial charge in [0.1, 0.15) is 0 Å². The highest BCUT2D eigenvalue weighted by Crippen LogP contribution is 2.37. The molecule has 102 valence electrons. The zero-order valence-corrected chi connectivity index (χ0v) is 10.1. The van der Waals surface area contributed by atoms with Crippen molar-refractivity contribution in [2.75, 3.05) is 10.6 Å². The summed E-state index contributed by atoms with van der Waals surface area (Å²) in [6, 6.07) is 9.94. The maximum atomic E-state index is 12.7. The van der Waals surface area contributed by atoms with Crippen LogP contribution in [0.4, 0.5) is 30.2 Å². The smallest absolute Gasteiger partial charge is 0.353 e. The second-order valence-electron chi connectivity index (χ2n) is 4.38. The third-order valence-corrected chi connectivity index (χ3v) is 3.04. The lowest BCUT2D eigenvalue weighted by Crippen LogP contribution is -2.11. The SMILES string of the molecule is O=C1Nc2cc(C(F)(F)F)ccc2Nc2ccccc21. The molecular weight excluding hydrogens is 269 g/mol. The minimum atomic E-state index is -4.45. The molecule has 3 rings (SSSR count). The molecule has 1 amide bonds. The van der Waals surface area contributed by atoms with E-state index in [1.54, 1.807) is 24.3 Å². The number of para-hydroxylation sites is 1. The zero-order valence-electron chi connectivity index (χ0n) is 10.1. The molecule has 1 aliphatic rings. The highest BCUT2D eigenvalue weighted by atomic mass is 19.4. The van der Waals surface area contributed by atoms with Gasteiger partial charge in [-0.25, -0.2) is 0 Å². The van der Waals surface area contributed by atoms with Crippen molar-refractivity contribution in [2.24, 2.45) is 0 Å². The van der Waals surface area contributed by atoms with Crippen molar-refractivity contribution in [2.45, 2.75) is 6.18 Å². The van der Waals surface area contributed by atoms with E-state index in [1.165, 1.54) is 6.07 Å². The van der Waals surface area contributed by atoms with Gasteiger partial charge in [-0.3, -0.25) is 4.79 Å². The highest BCUT2D eigenvalue weighted by Gasteiger charge is 2.31. The first kappa shape index (κ1) is 12.5. The summed E-state index contributed by atoms with van der Waals surface area (Å²) in [7, 11) is 0. The third-order valence-electron chi connectivity index (χ3n) is 3.04. The molecule has 0 radical (unpaired) electrons. The third kappa shape index (κ3) is 2.09. The predicted octanol–water partition coefficient (Wildman–Crippen LogP) is 4.01. The van der Waals surface area contributed by atoms with Crippen LogP contribution in [0, 0.1) is 0 Å². The van der Waals surface area contributed by atoms with Gasteiger partial charge in [0.2, 0.25) is 0 Å². The lowest BCUT2D eigenvalue weighted by Gasteiger charge is -2.12. The van der Waals surface area contributed by atoms with E-state index in [1.807, 2.05) is 0 Å². The zero-order chi connectivity index (χ0) is 14.3. The molecule has 20 heavy (non-hydrogen) atoms. The number of fused-ring (bicyclic) bond motifs is 2. The minimum absolute atomic E-state index is 0.112. The van der Waals surface area contributed by atoms with Crippen LogP contribution in [0.25, 0.3) is 0 Å². The Morgan fingerprint density at radius 3 is 2.35 bits per heavy atom. The number of carbonyl (C=O) groups is 1. The van der Waals surface area contributed by atoms with Crippen molar-refractivity contribution < 1.29 is 18.0 Å². The van der Waals surface area contributed by atoms with Crippen molar-refractivity contribution in [3.8, 4) is 0 Å². The van der Waals surface area contributed by atoms with Gasteiger partial charge in [-0.2, -0.15) is 13.2 Å². The van der Waals surface area contributed by atoms with E-state index in [-0.39, 0.29) is 5.69 Å². The Morgan fingerprint density at radius 1 is 0.850 bits per heavy atom. The van der Waals surface area contributed by atoms with Crippen LogP contribution in [0.2, 0.25) is 0 Å². The number of hydrogen-bond donors (Lipinski definition) is 2. The van der Waals surface area contributed by atoms with Crippen molar-refractivity contribution >= 4 is 23.0 Å². The molecule has 0 unspecified atom stereocenters. The first-order chi connectivity index (χ1) is 9.45. The Labute approximate surface area is 112 Å². The predicted molar refractivity (Wildman–Crippen MR) is 69.1 cm³/mol. The van der Waals surface area contributed by atoms with Crippen LogP contribution in [-0.2, 0) is 6.18 Å². The van der Waals surface area contributed by atoms with Crippen molar-refractivity contribution in [1.29, 1.82) is 0 Å². The number of nitrogens with one attached hydrogen (secondary N) is 2. The quantitative estimate of drug-likeness (QED) is 0.764. The van der Waals surface area contributed by atoms with Crippen LogP contribution in [0.15, 0.2) is 42.5 Å². The summed E-state index contributed by atoms with van der Waals surface area (Å²) in [5.74, 6) is -0.439. The molecule has 1 heterocycles. The van der Waals surface area contributed by atoms with Crippen molar-refractivity contribution in [3.63, 3.8) is 0 Å². The summed E-state index contributed by atoms with van der Waals surface area (Å²) < 4.78 is 38.1. The van der Waals surface area contributed by atoms with Gasteiger partial charge in [-0.15, -0.1) is 0 Å². The van der Waals surface area contributed by atoms with Crippen LogP contribution >= 0.6 is 0 Å². The molecule has 2 aromatic carbocycles. The molecule has 2 N–H and O–H groups in total. The molecule has 0 bridgehead atoms. The van der Waals surface area contributed by atoms with Gasteiger partial charge in [-0.05, 0) is 30.3 Å². The van der Waals surface area contributed by atoms with Crippen LogP contribution in [0.3, 0.4) is 0 Å². The Hall–Kier alpha value is -2.50. The Balaban J connectivity index is 2.10. The van der Waals surface area contributed by atoms with Crippen molar-refractivity contribution in [1.82, 2.24) is 0 Å². The van der Waals surface area contributed by atoms with E-state index >= 15 is 0 Å². The number of rotatable bonds is 0. The Morgan fingerprint density at radius 2 is 1.60 bits per heavy atom. The van der Waals surface area contributed by atoms with Gasteiger partial charge < -0.3 is 10.6 Å². The number of carbonyl (C=O) groups excluding carboxylic acids is 1. The van der Waals surface area contributed by atoms with Crippen LogP contribution in [-0.4, -0.2) is 5.91 Å². The molecule has 0 fully saturated rings. The average Bonchev–Trinajstić information content (AvgIpc) is 2.53. The van der Waals surface area contributed by atoms with E-state index in [9.17, 15) is 18.0 Å². The van der Waals surface area contributed by atoms with Gasteiger partial charge >= 0.3 is 6.18 Å². The first-order valence-corrected chi connectivity index (χ1v) is 5.84. The molecule has 0 aromatic heterocycles. The number of alkyl halides is 3. The van der Waals surface area contributed by atoms with E-state index in [0.29, 0.717) is 16.9 Å². The maximum absolute atomic E-state index is 12.7. The molecule has 0 spiro atoms. The Bertz CT molecular complexity index is 695. The average molecular weight is 278 g/mol. The van der Waals surface area contributed by atoms with Gasteiger partial charge in [0.05, 0.1) is 28.2 Å². The number of benzene rings is 2. The lowest BCUT2D eigenvalue weighted by atomic mass is 10.1. The second kappa shape index (κ2) is 4.26. The normalized spacial score (nSPS) is 13.7. The van der Waals surface area contributed by atoms with Crippen LogP contribution in [0.1, 0.15) is 15.9 Å².